The van der Waals surface area contributed by atoms with E-state index >= 15 is 0 Å². The molecule has 2 atom stereocenters. The second-order valence-corrected chi connectivity index (χ2v) is 7.03. The van der Waals surface area contributed by atoms with Crippen molar-refractivity contribution in [1.82, 2.24) is 4.98 Å². The molecule has 0 spiro atoms. The number of aromatic nitrogens is 1. The molecule has 0 radical (unpaired) electrons. The fourth-order valence-corrected chi connectivity index (χ4v) is 3.12. The van der Waals surface area contributed by atoms with Gasteiger partial charge in [-0.2, -0.15) is 5.26 Å². The van der Waals surface area contributed by atoms with Gasteiger partial charge >= 0.3 is 0 Å². The van der Waals surface area contributed by atoms with Crippen molar-refractivity contribution in [3.8, 4) is 22.9 Å². The second kappa shape index (κ2) is 9.36. The molecule has 1 aromatic heterocycles. The quantitative estimate of drug-likeness (QED) is 0.612. The Balaban J connectivity index is 1.59. The third kappa shape index (κ3) is 5.10. The topological polar surface area (TPSA) is 66.1 Å². The Morgan fingerprint density at radius 1 is 1.14 bits per heavy atom. The number of hydrogen-bond acceptors (Lipinski definition) is 4. The van der Waals surface area contributed by atoms with Gasteiger partial charge in [-0.1, -0.05) is 35.9 Å². The maximum atomic E-state index is 10.4. The van der Waals surface area contributed by atoms with Gasteiger partial charge in [0.25, 0.3) is 0 Å². The van der Waals surface area contributed by atoms with E-state index in [0.717, 1.165) is 23.1 Å². The Kier molecular flexibility index (Phi) is 6.65. The Hall–Kier alpha value is -2.87. The zero-order valence-electron chi connectivity index (χ0n) is 15.5. The lowest BCUT2D eigenvalue weighted by Gasteiger charge is -2.20. The Bertz CT molecular complexity index is 953. The SMILES string of the molecule is C[C@H](Oc1ccc(-c2ccc(C#N)c(Cl)c2)cc1)[C@H](O)CCc1cccnc1. The third-order valence-corrected chi connectivity index (χ3v) is 4.91. The maximum absolute atomic E-state index is 10.4. The van der Waals surface area contributed by atoms with E-state index in [0.29, 0.717) is 22.8 Å². The van der Waals surface area contributed by atoms with Crippen LogP contribution in [0.3, 0.4) is 0 Å². The molecule has 0 fully saturated rings. The van der Waals surface area contributed by atoms with Gasteiger partial charge in [0.05, 0.1) is 16.7 Å². The minimum atomic E-state index is -0.572. The van der Waals surface area contributed by atoms with Gasteiger partial charge in [0.1, 0.15) is 17.9 Å². The average molecular weight is 393 g/mol. The van der Waals surface area contributed by atoms with E-state index in [1.165, 1.54) is 0 Å². The van der Waals surface area contributed by atoms with E-state index in [-0.39, 0.29) is 6.10 Å². The highest BCUT2D eigenvalue weighted by Crippen LogP contribution is 2.27. The van der Waals surface area contributed by atoms with Crippen molar-refractivity contribution in [1.29, 1.82) is 5.26 Å². The highest BCUT2D eigenvalue weighted by molar-refractivity contribution is 6.32. The molecule has 2 aromatic carbocycles. The molecule has 5 heteroatoms. The molecule has 4 nitrogen and oxygen atoms in total. The first-order valence-electron chi connectivity index (χ1n) is 9.10. The molecule has 0 amide bonds. The molecule has 0 saturated heterocycles. The molecule has 0 unspecified atom stereocenters. The van der Waals surface area contributed by atoms with Gasteiger partial charge in [-0.3, -0.25) is 4.98 Å². The van der Waals surface area contributed by atoms with Crippen molar-refractivity contribution >= 4 is 11.6 Å². The number of nitriles is 1. The van der Waals surface area contributed by atoms with E-state index < -0.39 is 6.10 Å². The molecular weight excluding hydrogens is 372 g/mol. The molecule has 142 valence electrons. The summed E-state index contributed by atoms with van der Waals surface area (Å²) in [5, 5.41) is 19.8. The van der Waals surface area contributed by atoms with Gasteiger partial charge < -0.3 is 9.84 Å². The van der Waals surface area contributed by atoms with Crippen LogP contribution in [0.4, 0.5) is 0 Å². The van der Waals surface area contributed by atoms with Crippen LogP contribution >= 0.6 is 11.6 Å². The fourth-order valence-electron chi connectivity index (χ4n) is 2.90. The van der Waals surface area contributed by atoms with E-state index in [4.69, 9.17) is 21.6 Å². The van der Waals surface area contributed by atoms with Crippen LogP contribution in [0.1, 0.15) is 24.5 Å². The Morgan fingerprint density at radius 2 is 1.89 bits per heavy atom. The summed E-state index contributed by atoms with van der Waals surface area (Å²) in [6, 6.07) is 18.9. The summed E-state index contributed by atoms with van der Waals surface area (Å²) in [5.74, 6) is 0.691. The van der Waals surface area contributed by atoms with Crippen LogP contribution in [0.15, 0.2) is 67.0 Å². The van der Waals surface area contributed by atoms with Crippen molar-refractivity contribution in [2.24, 2.45) is 0 Å². The summed E-state index contributed by atoms with van der Waals surface area (Å²) in [6.07, 6.45) is 4.01. The number of benzene rings is 2. The number of aliphatic hydroxyl groups is 1. The number of halogens is 1. The minimum Gasteiger partial charge on any atom is -0.488 e. The predicted molar refractivity (Wildman–Crippen MR) is 110 cm³/mol. The minimum absolute atomic E-state index is 0.327. The van der Waals surface area contributed by atoms with Gasteiger partial charge in [0.2, 0.25) is 0 Å². The summed E-state index contributed by atoms with van der Waals surface area (Å²) in [5.41, 5.74) is 3.46. The molecule has 3 rings (SSSR count). The Labute approximate surface area is 170 Å². The smallest absolute Gasteiger partial charge is 0.122 e. The first-order chi connectivity index (χ1) is 13.6. The lowest BCUT2D eigenvalue weighted by Crippen LogP contribution is -2.29. The molecule has 0 saturated carbocycles. The fraction of sp³-hybridized carbons (Fsp3) is 0.217. The molecule has 1 N–H and O–H groups in total. The highest BCUT2D eigenvalue weighted by Gasteiger charge is 2.16. The zero-order valence-corrected chi connectivity index (χ0v) is 16.3. The lowest BCUT2D eigenvalue weighted by molar-refractivity contribution is 0.0420. The number of aryl methyl sites for hydroxylation is 1. The molecule has 0 bridgehead atoms. The number of hydrogen-bond donors (Lipinski definition) is 1. The van der Waals surface area contributed by atoms with Crippen molar-refractivity contribution in [2.45, 2.75) is 32.0 Å². The number of rotatable bonds is 7. The average Bonchev–Trinajstić information content (AvgIpc) is 2.73. The number of pyridine rings is 1. The first kappa shape index (κ1) is 19.9. The van der Waals surface area contributed by atoms with E-state index in [9.17, 15) is 5.11 Å². The van der Waals surface area contributed by atoms with Crippen molar-refractivity contribution in [3.63, 3.8) is 0 Å². The van der Waals surface area contributed by atoms with Crippen molar-refractivity contribution in [3.05, 3.63) is 83.1 Å². The summed E-state index contributed by atoms with van der Waals surface area (Å²) in [7, 11) is 0. The number of ether oxygens (including phenoxy) is 1. The summed E-state index contributed by atoms with van der Waals surface area (Å²) >= 11 is 6.11. The van der Waals surface area contributed by atoms with Gasteiger partial charge in [-0.25, -0.2) is 0 Å². The molecule has 3 aromatic rings. The largest absolute Gasteiger partial charge is 0.488 e. The molecule has 28 heavy (non-hydrogen) atoms. The summed E-state index contributed by atoms with van der Waals surface area (Å²) in [4.78, 5) is 4.09. The van der Waals surface area contributed by atoms with Gasteiger partial charge in [0, 0.05) is 12.4 Å². The standard InChI is InChI=1S/C23H21ClN2O2/c1-16(23(27)11-4-17-3-2-12-26-15-17)28-21-9-7-18(8-10-21)19-5-6-20(14-25)22(24)13-19/h2-3,5-10,12-13,15-16,23,27H,4,11H2,1H3/t16-,23+/m0/s1. The predicted octanol–water partition coefficient (Wildman–Crippen LogP) is 5.03. The van der Waals surface area contributed by atoms with Crippen LogP contribution in [0.25, 0.3) is 11.1 Å². The van der Waals surface area contributed by atoms with Crippen LogP contribution in [0, 0.1) is 11.3 Å². The second-order valence-electron chi connectivity index (χ2n) is 6.62. The van der Waals surface area contributed by atoms with E-state index in [2.05, 4.69) is 11.1 Å². The summed E-state index contributed by atoms with van der Waals surface area (Å²) in [6.45, 7) is 1.86. The van der Waals surface area contributed by atoms with Gasteiger partial charge in [-0.15, -0.1) is 0 Å². The highest BCUT2D eigenvalue weighted by atomic mass is 35.5. The van der Waals surface area contributed by atoms with E-state index in [1.54, 1.807) is 18.3 Å². The third-order valence-electron chi connectivity index (χ3n) is 4.59. The van der Waals surface area contributed by atoms with Crippen LogP contribution in [0.2, 0.25) is 5.02 Å². The van der Waals surface area contributed by atoms with Crippen LogP contribution in [0.5, 0.6) is 5.75 Å². The van der Waals surface area contributed by atoms with Crippen LogP contribution in [-0.4, -0.2) is 22.3 Å². The molecule has 1 heterocycles. The van der Waals surface area contributed by atoms with Crippen molar-refractivity contribution in [2.75, 3.05) is 0 Å². The number of aliphatic hydroxyl groups excluding tert-OH is 1. The lowest BCUT2D eigenvalue weighted by atomic mass is 10.0. The van der Waals surface area contributed by atoms with E-state index in [1.807, 2.05) is 55.6 Å². The van der Waals surface area contributed by atoms with Crippen LogP contribution in [-0.2, 0) is 6.42 Å². The van der Waals surface area contributed by atoms with Crippen molar-refractivity contribution < 1.29 is 9.84 Å². The molecule has 0 aliphatic rings. The number of nitrogens with zero attached hydrogens (tertiary/aromatic N) is 2. The molecular formula is C23H21ClN2O2. The summed E-state index contributed by atoms with van der Waals surface area (Å²) < 4.78 is 5.88. The molecule has 0 aliphatic heterocycles. The zero-order chi connectivity index (χ0) is 19.9. The first-order valence-corrected chi connectivity index (χ1v) is 9.48. The van der Waals surface area contributed by atoms with Gasteiger partial charge in [0.15, 0.2) is 0 Å². The monoisotopic (exact) mass is 392 g/mol. The normalized spacial score (nSPS) is 12.8. The Morgan fingerprint density at radius 3 is 2.54 bits per heavy atom. The molecule has 0 aliphatic carbocycles. The van der Waals surface area contributed by atoms with Crippen LogP contribution < -0.4 is 4.74 Å². The van der Waals surface area contributed by atoms with Gasteiger partial charge in [-0.05, 0) is 66.8 Å². The maximum Gasteiger partial charge on any atom is 0.122 e.